The fourth-order valence-electron chi connectivity index (χ4n) is 6.21. The molecule has 0 N–H and O–H groups in total. The second-order valence-corrected chi connectivity index (χ2v) is 11.7. The van der Waals surface area contributed by atoms with E-state index in [2.05, 4.69) is 80.2 Å². The molecule has 0 bridgehead atoms. The van der Waals surface area contributed by atoms with Crippen LogP contribution < -0.4 is 9.47 Å². The summed E-state index contributed by atoms with van der Waals surface area (Å²) in [5, 5.41) is 3.30. The molecular formula is C40H30O4. The minimum atomic E-state index is -0.834. The van der Waals surface area contributed by atoms with Crippen molar-refractivity contribution in [2.75, 3.05) is 0 Å². The SMILES string of the molecule is C=C/C=C\c1oc2ccc(-c3ccc4c(c3)-c3cc(-c5ccc6oc7ccccc7c6c5)ccc3OC(C)(C)O4)cc2c1C. The van der Waals surface area contributed by atoms with E-state index in [0.717, 1.165) is 89.1 Å². The van der Waals surface area contributed by atoms with Crippen molar-refractivity contribution in [1.29, 1.82) is 0 Å². The van der Waals surface area contributed by atoms with E-state index in [1.165, 1.54) is 0 Å². The molecule has 214 valence electrons. The van der Waals surface area contributed by atoms with E-state index >= 15 is 0 Å². The maximum Gasteiger partial charge on any atom is 0.245 e. The van der Waals surface area contributed by atoms with Crippen LogP contribution in [0.1, 0.15) is 25.2 Å². The first kappa shape index (κ1) is 26.2. The van der Waals surface area contributed by atoms with Crippen LogP contribution in [0.2, 0.25) is 0 Å². The van der Waals surface area contributed by atoms with Crippen LogP contribution in [0, 0.1) is 6.92 Å². The molecule has 7 aromatic rings. The molecule has 0 amide bonds. The fourth-order valence-corrected chi connectivity index (χ4v) is 6.21. The van der Waals surface area contributed by atoms with Gasteiger partial charge in [-0.1, -0.05) is 61.2 Å². The predicted octanol–water partition coefficient (Wildman–Crippen LogP) is 11.3. The topological polar surface area (TPSA) is 44.7 Å². The third-order valence-corrected chi connectivity index (χ3v) is 8.36. The summed E-state index contributed by atoms with van der Waals surface area (Å²) in [5.41, 5.74) is 10.1. The molecule has 0 spiro atoms. The number of rotatable bonds is 4. The normalized spacial score (nSPS) is 13.9. The summed E-state index contributed by atoms with van der Waals surface area (Å²) in [4.78, 5) is 0. The van der Waals surface area contributed by atoms with Crippen LogP contribution in [0.15, 0.2) is 125 Å². The lowest BCUT2D eigenvalue weighted by Gasteiger charge is -2.25. The Morgan fingerprint density at radius 1 is 0.591 bits per heavy atom. The van der Waals surface area contributed by atoms with Crippen molar-refractivity contribution in [2.24, 2.45) is 0 Å². The van der Waals surface area contributed by atoms with Crippen molar-refractivity contribution < 1.29 is 18.3 Å². The van der Waals surface area contributed by atoms with Crippen molar-refractivity contribution in [2.45, 2.75) is 26.6 Å². The molecule has 0 saturated heterocycles. The monoisotopic (exact) mass is 574 g/mol. The van der Waals surface area contributed by atoms with Gasteiger partial charge in [0, 0.05) is 46.7 Å². The van der Waals surface area contributed by atoms with E-state index < -0.39 is 5.79 Å². The summed E-state index contributed by atoms with van der Waals surface area (Å²) < 4.78 is 25.0. The van der Waals surface area contributed by atoms with Crippen LogP contribution in [0.25, 0.3) is 72.4 Å². The average Bonchev–Trinajstić information content (AvgIpc) is 3.52. The zero-order chi connectivity index (χ0) is 30.0. The maximum absolute atomic E-state index is 6.42. The molecule has 0 fully saturated rings. The Hall–Kier alpha value is -5.48. The number of fused-ring (bicyclic) bond motifs is 7. The Bertz CT molecular complexity index is 2290. The van der Waals surface area contributed by atoms with Crippen LogP contribution in [-0.2, 0) is 0 Å². The molecule has 44 heavy (non-hydrogen) atoms. The first-order chi connectivity index (χ1) is 21.4. The smallest absolute Gasteiger partial charge is 0.245 e. The van der Waals surface area contributed by atoms with Crippen LogP contribution >= 0.6 is 0 Å². The highest BCUT2D eigenvalue weighted by Crippen LogP contribution is 2.46. The zero-order valence-corrected chi connectivity index (χ0v) is 24.8. The Kier molecular flexibility index (Phi) is 5.82. The lowest BCUT2D eigenvalue weighted by molar-refractivity contribution is -0.0778. The van der Waals surface area contributed by atoms with Crippen LogP contribution in [0.4, 0.5) is 0 Å². The highest BCUT2D eigenvalue weighted by molar-refractivity contribution is 6.06. The molecule has 1 aliphatic rings. The van der Waals surface area contributed by atoms with Crippen molar-refractivity contribution in [3.8, 4) is 44.9 Å². The van der Waals surface area contributed by atoms with Crippen LogP contribution in [-0.4, -0.2) is 5.79 Å². The van der Waals surface area contributed by atoms with Crippen LogP contribution in [0.5, 0.6) is 11.5 Å². The second-order valence-electron chi connectivity index (χ2n) is 11.7. The Balaban J connectivity index is 1.26. The number of aryl methyl sites for hydroxylation is 1. The van der Waals surface area contributed by atoms with Gasteiger partial charge < -0.3 is 18.3 Å². The summed E-state index contributed by atoms with van der Waals surface area (Å²) >= 11 is 0. The predicted molar refractivity (Wildman–Crippen MR) is 179 cm³/mol. The van der Waals surface area contributed by atoms with E-state index in [9.17, 15) is 0 Å². The number of para-hydroxylation sites is 1. The first-order valence-corrected chi connectivity index (χ1v) is 14.8. The van der Waals surface area contributed by atoms with Crippen molar-refractivity contribution in [3.05, 3.63) is 127 Å². The standard InChI is InChI=1S/C40H30O4/c1-5-6-10-34-24(2)30-20-25(12-16-36(30)41-34)27-14-18-38-32(22-27)33-23-28(15-19-39(33)44-40(3,4)43-38)26-13-17-37-31(21-26)29-9-7-8-11-35(29)42-37/h5-23H,1H2,2-4H3/b10-6-. The van der Waals surface area contributed by atoms with E-state index in [0.29, 0.717) is 0 Å². The molecular weight excluding hydrogens is 544 g/mol. The third kappa shape index (κ3) is 4.30. The summed E-state index contributed by atoms with van der Waals surface area (Å²) in [7, 11) is 0. The van der Waals surface area contributed by atoms with Gasteiger partial charge in [0.05, 0.1) is 0 Å². The molecule has 4 heteroatoms. The van der Waals surface area contributed by atoms with Gasteiger partial charge in [-0.25, -0.2) is 0 Å². The molecule has 0 atom stereocenters. The third-order valence-electron chi connectivity index (χ3n) is 8.36. The van der Waals surface area contributed by atoms with Crippen LogP contribution in [0.3, 0.4) is 0 Å². The van der Waals surface area contributed by atoms with Gasteiger partial charge in [-0.3, -0.25) is 0 Å². The number of hydrogen-bond donors (Lipinski definition) is 0. The lowest BCUT2D eigenvalue weighted by Crippen LogP contribution is -2.34. The van der Waals surface area contributed by atoms with Gasteiger partial charge in [0.25, 0.3) is 0 Å². The summed E-state index contributed by atoms with van der Waals surface area (Å²) in [6.45, 7) is 9.75. The van der Waals surface area contributed by atoms with Gasteiger partial charge in [-0.05, 0) is 89.9 Å². The first-order valence-electron chi connectivity index (χ1n) is 14.8. The fraction of sp³-hybridized carbons (Fsp3) is 0.100. The van der Waals surface area contributed by atoms with Gasteiger partial charge >= 0.3 is 0 Å². The van der Waals surface area contributed by atoms with E-state index in [-0.39, 0.29) is 0 Å². The average molecular weight is 575 g/mol. The summed E-state index contributed by atoms with van der Waals surface area (Å²) in [5.74, 6) is 1.57. The molecule has 8 rings (SSSR count). The quantitative estimate of drug-likeness (QED) is 0.196. The molecule has 0 saturated carbocycles. The zero-order valence-electron chi connectivity index (χ0n) is 24.8. The van der Waals surface area contributed by atoms with Crippen molar-refractivity contribution in [1.82, 2.24) is 0 Å². The molecule has 0 aliphatic carbocycles. The second kappa shape index (κ2) is 9.78. The molecule has 0 unspecified atom stereocenters. The molecule has 0 radical (unpaired) electrons. The molecule has 3 heterocycles. The highest BCUT2D eigenvalue weighted by Gasteiger charge is 2.30. The molecule has 4 nitrogen and oxygen atoms in total. The van der Waals surface area contributed by atoms with Gasteiger partial charge in [-0.2, -0.15) is 0 Å². The van der Waals surface area contributed by atoms with Crippen molar-refractivity contribution >= 4 is 39.0 Å². The van der Waals surface area contributed by atoms with Gasteiger partial charge in [0.15, 0.2) is 0 Å². The molecule has 2 aromatic heterocycles. The Morgan fingerprint density at radius 3 is 1.80 bits per heavy atom. The lowest BCUT2D eigenvalue weighted by atomic mass is 9.94. The molecule has 5 aromatic carbocycles. The van der Waals surface area contributed by atoms with Gasteiger partial charge in [0.1, 0.15) is 34.0 Å². The number of ether oxygens (including phenoxy) is 2. The largest absolute Gasteiger partial charge is 0.456 e. The van der Waals surface area contributed by atoms with E-state index in [1.807, 2.05) is 56.3 Å². The number of furan rings is 2. The van der Waals surface area contributed by atoms with Crippen molar-refractivity contribution in [3.63, 3.8) is 0 Å². The number of hydrogen-bond acceptors (Lipinski definition) is 4. The highest BCUT2D eigenvalue weighted by atomic mass is 16.7. The van der Waals surface area contributed by atoms with E-state index in [1.54, 1.807) is 6.08 Å². The number of benzene rings is 5. The van der Waals surface area contributed by atoms with Gasteiger partial charge in [0.2, 0.25) is 5.79 Å². The van der Waals surface area contributed by atoms with Gasteiger partial charge in [-0.15, -0.1) is 0 Å². The minimum absolute atomic E-state index is 0.781. The molecule has 1 aliphatic heterocycles. The maximum atomic E-state index is 6.42. The summed E-state index contributed by atoms with van der Waals surface area (Å²) in [6, 6.07) is 33.6. The Morgan fingerprint density at radius 2 is 1.14 bits per heavy atom. The minimum Gasteiger partial charge on any atom is -0.456 e. The summed E-state index contributed by atoms with van der Waals surface area (Å²) in [6.07, 6.45) is 5.59. The number of allylic oxidation sites excluding steroid dienone is 2. The Labute approximate surface area is 255 Å². The van der Waals surface area contributed by atoms with E-state index in [4.69, 9.17) is 18.3 Å².